The Labute approximate surface area is 437 Å². The van der Waals surface area contributed by atoms with Gasteiger partial charge in [-0.3, -0.25) is 14.4 Å². The zero-order chi connectivity index (χ0) is 54.1. The highest BCUT2D eigenvalue weighted by molar-refractivity contribution is 14.1. The van der Waals surface area contributed by atoms with Gasteiger partial charge in [-0.15, -0.1) is 0 Å². The molecule has 2 aliphatic heterocycles. The van der Waals surface area contributed by atoms with Crippen molar-refractivity contribution < 1.29 is 43.2 Å². The molecule has 71 heavy (non-hydrogen) atoms. The molecule has 0 bridgehead atoms. The van der Waals surface area contributed by atoms with Gasteiger partial charge in [-0.1, -0.05) is 138 Å². The van der Waals surface area contributed by atoms with Crippen LogP contribution in [0.15, 0.2) is 53.3 Å². The molecule has 2 aromatic heterocycles. The number of hydrogen-bond donors (Lipinski definition) is 5. The zero-order valence-corrected chi connectivity index (χ0v) is 47.0. The molecular weight excluding hydrogens is 1020 g/mol. The number of pyridine rings is 2. The Kier molecular flexibility index (Phi) is 35.0. The summed E-state index contributed by atoms with van der Waals surface area (Å²) < 4.78 is 23.4. The van der Waals surface area contributed by atoms with Crippen LogP contribution in [-0.4, -0.2) is 82.6 Å². The lowest BCUT2D eigenvalue weighted by Crippen LogP contribution is -2.34. The Bertz CT molecular complexity index is 2260. The average Bonchev–Trinajstić information content (AvgIpc) is 3.75. The maximum absolute atomic E-state index is 13.6. The maximum Gasteiger partial charge on any atom is 0.515 e. The number of benzene rings is 2. The van der Waals surface area contributed by atoms with Crippen molar-refractivity contribution in [2.75, 3.05) is 42.6 Å². The molecule has 396 valence electrons. The van der Waals surface area contributed by atoms with Gasteiger partial charge in [-0.25, -0.2) is 14.6 Å². The summed E-state index contributed by atoms with van der Waals surface area (Å²) in [5, 5.41) is 16.3. The number of halogens is 1. The number of alkyl halides is 1. The summed E-state index contributed by atoms with van der Waals surface area (Å²) in [7, 11) is 0. The van der Waals surface area contributed by atoms with E-state index in [1.807, 2.05) is 62.3 Å². The first kappa shape index (κ1) is 66.0. The van der Waals surface area contributed by atoms with Crippen molar-refractivity contribution in [2.45, 2.75) is 147 Å². The number of rotatable bonds is 17. The highest BCUT2D eigenvalue weighted by atomic mass is 127. The summed E-state index contributed by atoms with van der Waals surface area (Å²) >= 11 is 2.23. The van der Waals surface area contributed by atoms with Gasteiger partial charge in [0.15, 0.2) is 0 Å². The summed E-state index contributed by atoms with van der Waals surface area (Å²) in [6.07, 6.45) is 3.90. The number of cyclic esters (lactones) is 1. The first-order valence-corrected chi connectivity index (χ1v) is 26.9. The van der Waals surface area contributed by atoms with Gasteiger partial charge in [-0.05, 0) is 79.4 Å². The molecule has 0 fully saturated rings. The molecule has 6 rings (SSSR count). The third kappa shape index (κ3) is 21.7. The van der Waals surface area contributed by atoms with Gasteiger partial charge in [0.2, 0.25) is 17.9 Å². The summed E-state index contributed by atoms with van der Waals surface area (Å²) in [5.74, 6) is -0.227. The number of aromatic hydroxyl groups is 1. The second-order valence-electron chi connectivity index (χ2n) is 15.7. The summed E-state index contributed by atoms with van der Waals surface area (Å²) in [6, 6.07) is 12.4. The number of esters is 1. The number of amides is 2. The molecule has 0 saturated carbocycles. The van der Waals surface area contributed by atoms with Crippen LogP contribution in [0.1, 0.15) is 131 Å². The Morgan fingerprint density at radius 1 is 0.944 bits per heavy atom. The Morgan fingerprint density at radius 2 is 1.61 bits per heavy atom. The van der Waals surface area contributed by atoms with Crippen LogP contribution < -0.4 is 32.4 Å². The SMILES string of the molecule is CB(CCNC(=O)COCCI)CCC(C)C.CC.CC.CC.CC.CCCCN.CCc1c2c(nc3ccc(O)cc13)-c1cc3c(c(=O)n1C2)COC(=O)[C@H]3OC(=O)Oc1ccc(NC(=O)CN)cc1. The van der Waals surface area contributed by atoms with E-state index < -0.39 is 18.2 Å². The van der Waals surface area contributed by atoms with E-state index in [9.17, 15) is 29.1 Å². The van der Waals surface area contributed by atoms with Crippen molar-refractivity contribution in [1.82, 2.24) is 14.9 Å². The van der Waals surface area contributed by atoms with E-state index in [1.165, 1.54) is 49.8 Å². The van der Waals surface area contributed by atoms with Gasteiger partial charge >= 0.3 is 12.1 Å². The lowest BCUT2D eigenvalue weighted by molar-refractivity contribution is -0.158. The van der Waals surface area contributed by atoms with E-state index in [-0.39, 0.29) is 66.3 Å². The van der Waals surface area contributed by atoms with Crippen molar-refractivity contribution in [2.24, 2.45) is 17.4 Å². The number of phenolic OH excluding ortho intramolecular Hbond substituents is 1. The average molecular weight is 1100 g/mol. The fourth-order valence-corrected chi connectivity index (χ4v) is 7.24. The van der Waals surface area contributed by atoms with E-state index in [4.69, 9.17) is 35.4 Å². The van der Waals surface area contributed by atoms with Gasteiger partial charge in [-0.2, -0.15) is 0 Å². The highest BCUT2D eigenvalue weighted by Gasteiger charge is 2.38. The lowest BCUT2D eigenvalue weighted by atomic mass is 9.46. The molecule has 0 saturated heterocycles. The van der Waals surface area contributed by atoms with Gasteiger partial charge in [0.1, 0.15) is 31.4 Å². The minimum atomic E-state index is -1.53. The van der Waals surface area contributed by atoms with Gasteiger partial charge in [0.25, 0.3) is 5.56 Å². The molecule has 2 aromatic carbocycles. The molecule has 4 heterocycles. The number of ether oxygens (including phenoxy) is 4. The van der Waals surface area contributed by atoms with E-state index >= 15 is 0 Å². The molecule has 7 N–H and O–H groups in total. The highest BCUT2D eigenvalue weighted by Crippen LogP contribution is 2.39. The molecule has 2 amide bonds. The second kappa shape index (κ2) is 37.7. The van der Waals surface area contributed by atoms with Gasteiger partial charge in [0, 0.05) is 33.2 Å². The number of anilines is 1. The monoisotopic (exact) mass is 1100 g/mol. The Morgan fingerprint density at radius 3 is 2.17 bits per heavy atom. The van der Waals surface area contributed by atoms with Crippen LogP contribution in [-0.2, 0) is 48.2 Å². The summed E-state index contributed by atoms with van der Waals surface area (Å²) in [4.78, 5) is 66.5. The maximum atomic E-state index is 13.6. The Balaban J connectivity index is 0.00000136. The topological polar surface area (TPSA) is 236 Å². The smallest absolute Gasteiger partial charge is 0.508 e. The van der Waals surface area contributed by atoms with Crippen LogP contribution in [0.2, 0.25) is 19.5 Å². The van der Waals surface area contributed by atoms with Crippen molar-refractivity contribution in [3.05, 3.63) is 81.1 Å². The number of aromatic nitrogens is 2. The number of carbonyl (C=O) groups is 4. The summed E-state index contributed by atoms with van der Waals surface area (Å²) in [6.45, 7) is 29.8. The summed E-state index contributed by atoms with van der Waals surface area (Å²) in [5.41, 5.74) is 14.4. The largest absolute Gasteiger partial charge is 0.515 e. The quantitative estimate of drug-likeness (QED) is 0.0146. The van der Waals surface area contributed by atoms with Crippen LogP contribution in [0.4, 0.5) is 10.5 Å². The number of nitrogens with one attached hydrogen (secondary N) is 2. The third-order valence-corrected chi connectivity index (χ3v) is 10.8. The number of nitrogens with two attached hydrogens (primary N) is 2. The molecular formula is C53H84BIN6O10. The van der Waals surface area contributed by atoms with Crippen LogP contribution in [0.25, 0.3) is 22.3 Å². The number of nitrogens with zero attached hydrogens (tertiary/aromatic N) is 2. The van der Waals surface area contributed by atoms with Crippen molar-refractivity contribution in [3.63, 3.8) is 0 Å². The van der Waals surface area contributed by atoms with E-state index in [1.54, 1.807) is 28.8 Å². The van der Waals surface area contributed by atoms with Crippen molar-refractivity contribution in [3.8, 4) is 22.9 Å². The molecule has 16 nitrogen and oxygen atoms in total. The number of hydrogen-bond acceptors (Lipinski definition) is 13. The number of unbranched alkanes of at least 4 members (excludes halogenated alkanes) is 1. The number of fused-ring (bicyclic) bond motifs is 5. The van der Waals surface area contributed by atoms with E-state index in [0.29, 0.717) is 42.3 Å². The van der Waals surface area contributed by atoms with E-state index in [0.717, 1.165) is 46.3 Å². The molecule has 2 aliphatic rings. The van der Waals surface area contributed by atoms with Crippen molar-refractivity contribution >= 4 is 69.8 Å². The van der Waals surface area contributed by atoms with Crippen LogP contribution in [0.5, 0.6) is 11.5 Å². The standard InChI is InChI=1S/C29H24N4O8.C12H25BINO2.C4H11N.4C2H6/c1-2-17-18-9-15(34)5-8-22(18)32-25-20(17)12-33-23(25)10-19-21(27(33)36)13-39-28(37)26(19)41-29(38)40-16-6-3-14(4-7-16)31-24(35)11-30;1-11(2)4-5-13(3)6-8-15-12(16)10-17-9-7-14;1-2-3-4-5;4*1-2/h3-10,26,34H,2,11-13,30H2,1H3,(H,31,35);11H,4-10H2,1-3H3,(H,15,16);2-5H2,1H3;4*1-2H3/t26-;;;;;;/m0....../s1. The predicted molar refractivity (Wildman–Crippen MR) is 298 cm³/mol. The number of carbonyl (C=O) groups excluding carboxylic acids is 4. The predicted octanol–water partition coefficient (Wildman–Crippen LogP) is 10.5. The zero-order valence-electron chi connectivity index (χ0n) is 44.8. The third-order valence-electron chi connectivity index (χ3n) is 10.3. The first-order valence-electron chi connectivity index (χ1n) is 25.4. The second-order valence-corrected chi connectivity index (χ2v) is 16.7. The van der Waals surface area contributed by atoms with Crippen molar-refractivity contribution in [1.29, 1.82) is 0 Å². The van der Waals surface area contributed by atoms with Gasteiger partial charge < -0.3 is 50.7 Å². The fourth-order valence-electron chi connectivity index (χ4n) is 6.93. The fraction of sp³-hybridized carbons (Fsp3) is 0.547. The minimum Gasteiger partial charge on any atom is -0.508 e. The first-order chi connectivity index (χ1) is 34.2. The Hall–Kier alpha value is -5.05. The molecule has 0 radical (unpaired) electrons. The number of phenols is 1. The molecule has 1 atom stereocenters. The molecule has 0 unspecified atom stereocenters. The molecule has 0 aliphatic carbocycles. The van der Waals surface area contributed by atoms with Gasteiger partial charge in [0.05, 0.1) is 42.2 Å². The van der Waals surface area contributed by atoms with Crippen LogP contribution in [0, 0.1) is 5.92 Å². The van der Waals surface area contributed by atoms with Crippen LogP contribution in [0.3, 0.4) is 0 Å². The lowest BCUT2D eigenvalue weighted by Gasteiger charge is -2.24. The number of aryl methyl sites for hydroxylation is 1. The normalized spacial score (nSPS) is 12.1. The van der Waals surface area contributed by atoms with E-state index in [2.05, 4.69) is 60.8 Å². The molecule has 18 heteroatoms. The molecule has 0 spiro atoms. The minimum absolute atomic E-state index is 0.00547. The molecule has 4 aromatic rings. The van der Waals surface area contributed by atoms with Crippen LogP contribution >= 0.6 is 22.6 Å².